The molecule has 0 aliphatic rings. The third-order valence-electron chi connectivity index (χ3n) is 4.77. The highest BCUT2D eigenvalue weighted by Gasteiger charge is 2.26. The number of carbonyl (C=O) groups is 2. The van der Waals surface area contributed by atoms with Crippen LogP contribution in [0.2, 0.25) is 5.02 Å². The van der Waals surface area contributed by atoms with E-state index in [1.165, 1.54) is 4.52 Å². The molecule has 1 atom stereocenters. The predicted molar refractivity (Wildman–Crippen MR) is 122 cm³/mol. The molecule has 11 nitrogen and oxygen atoms in total. The van der Waals surface area contributed by atoms with Gasteiger partial charge in [-0.3, -0.25) is 14.7 Å². The molecule has 36 heavy (non-hydrogen) atoms. The van der Waals surface area contributed by atoms with E-state index in [1.807, 2.05) is 13.0 Å². The fourth-order valence-electron chi connectivity index (χ4n) is 3.33. The number of alkyl halides is 3. The summed E-state index contributed by atoms with van der Waals surface area (Å²) in [6, 6.07) is 4.84. The zero-order chi connectivity index (χ0) is 26.6. The van der Waals surface area contributed by atoms with Crippen molar-refractivity contribution in [3.63, 3.8) is 0 Å². The molecular weight excluding hydrogens is 505 g/mol. The minimum absolute atomic E-state index is 0.0733. The lowest BCUT2D eigenvalue weighted by Crippen LogP contribution is -2.27. The number of hydrogen-bond acceptors (Lipinski definition) is 8. The molecule has 0 saturated carbocycles. The average molecular weight is 523 g/mol. The Morgan fingerprint density at radius 3 is 2.78 bits per heavy atom. The van der Waals surface area contributed by atoms with Gasteiger partial charge >= 0.3 is 6.18 Å². The number of nitrogen functional groups attached to an aromatic ring is 1. The van der Waals surface area contributed by atoms with Gasteiger partial charge in [0.25, 0.3) is 5.91 Å². The summed E-state index contributed by atoms with van der Waals surface area (Å²) in [5, 5.41) is 23.9. The number of fused-ring (bicyclic) bond motifs is 2. The summed E-state index contributed by atoms with van der Waals surface area (Å²) in [6.07, 6.45) is -2.49. The first-order valence-electron chi connectivity index (χ1n) is 10.2. The molecular formula is C21H18ClF3N8O3. The zero-order valence-electron chi connectivity index (χ0n) is 18.7. The van der Waals surface area contributed by atoms with E-state index in [0.717, 1.165) is 0 Å². The normalized spacial score (nSPS) is 11.9. The first-order valence-corrected chi connectivity index (χ1v) is 10.6. The molecule has 4 N–H and O–H groups in total. The van der Waals surface area contributed by atoms with E-state index in [1.54, 1.807) is 31.5 Å². The van der Waals surface area contributed by atoms with Crippen LogP contribution in [0.5, 0.6) is 5.75 Å². The number of nitrogens with zero attached hydrogens (tertiary/aromatic N) is 5. The number of rotatable bonds is 5. The Hall–Kier alpha value is -4.38. The van der Waals surface area contributed by atoms with Crippen molar-refractivity contribution in [3.8, 4) is 11.8 Å². The van der Waals surface area contributed by atoms with Crippen molar-refractivity contribution in [2.45, 2.75) is 26.1 Å². The zero-order valence-corrected chi connectivity index (χ0v) is 19.5. The first kappa shape index (κ1) is 26.2. The van der Waals surface area contributed by atoms with Gasteiger partial charge in [-0.2, -0.15) is 23.5 Å². The van der Waals surface area contributed by atoms with Gasteiger partial charge in [0.1, 0.15) is 22.9 Å². The van der Waals surface area contributed by atoms with Gasteiger partial charge in [-0.25, -0.2) is 9.50 Å². The third-order valence-corrected chi connectivity index (χ3v) is 5.07. The van der Waals surface area contributed by atoms with Gasteiger partial charge < -0.3 is 15.8 Å². The quantitative estimate of drug-likeness (QED) is 0.336. The number of aromatic amines is 1. The molecule has 0 bridgehead atoms. The van der Waals surface area contributed by atoms with Gasteiger partial charge in [-0.15, -0.1) is 5.10 Å². The van der Waals surface area contributed by atoms with Crippen LogP contribution in [0.15, 0.2) is 24.5 Å². The van der Waals surface area contributed by atoms with Crippen LogP contribution in [0.25, 0.3) is 16.6 Å². The second kappa shape index (κ2) is 10.5. The number of halogens is 4. The largest absolute Gasteiger partial charge is 0.491 e. The lowest BCUT2D eigenvalue weighted by atomic mass is 10.0. The van der Waals surface area contributed by atoms with Crippen LogP contribution in [-0.4, -0.2) is 49.8 Å². The second-order valence-corrected chi connectivity index (χ2v) is 7.55. The Morgan fingerprint density at radius 2 is 2.17 bits per heavy atom. The van der Waals surface area contributed by atoms with Crippen LogP contribution < -0.4 is 15.8 Å². The van der Waals surface area contributed by atoms with E-state index >= 15 is 0 Å². The fourth-order valence-corrected chi connectivity index (χ4v) is 3.63. The molecule has 0 aliphatic carbocycles. The SMILES string of the molecule is CCOc1c(C(C)NC(=O)c2c(N)nn3cccnc23)cc(Cl)c2c(C#N)n[nH]c12.O=CC(F)(F)F. The summed E-state index contributed by atoms with van der Waals surface area (Å²) >= 11 is 6.42. The van der Waals surface area contributed by atoms with Crippen molar-refractivity contribution in [1.29, 1.82) is 5.26 Å². The molecule has 1 unspecified atom stereocenters. The molecule has 3 heterocycles. The first-order chi connectivity index (χ1) is 17.0. The highest BCUT2D eigenvalue weighted by atomic mass is 35.5. The number of nitrogens with two attached hydrogens (primary N) is 1. The van der Waals surface area contributed by atoms with Crippen molar-refractivity contribution in [2.75, 3.05) is 12.3 Å². The van der Waals surface area contributed by atoms with Gasteiger partial charge in [-0.1, -0.05) is 11.6 Å². The van der Waals surface area contributed by atoms with Gasteiger partial charge in [-0.05, 0) is 26.0 Å². The van der Waals surface area contributed by atoms with Crippen molar-refractivity contribution in [2.24, 2.45) is 0 Å². The number of amides is 1. The summed E-state index contributed by atoms with van der Waals surface area (Å²) in [6.45, 7) is 3.99. The number of benzene rings is 1. The molecule has 15 heteroatoms. The fraction of sp³-hybridized carbons (Fsp3) is 0.238. The van der Waals surface area contributed by atoms with Crippen LogP contribution in [0, 0.1) is 11.3 Å². The third kappa shape index (κ3) is 5.31. The van der Waals surface area contributed by atoms with Crippen molar-refractivity contribution < 1.29 is 27.5 Å². The summed E-state index contributed by atoms with van der Waals surface area (Å²) in [5.74, 6) is 0.100. The van der Waals surface area contributed by atoms with Crippen molar-refractivity contribution >= 4 is 46.2 Å². The molecule has 0 radical (unpaired) electrons. The van der Waals surface area contributed by atoms with Crippen LogP contribution in [0.4, 0.5) is 19.0 Å². The van der Waals surface area contributed by atoms with Gasteiger partial charge in [0.15, 0.2) is 17.2 Å². The minimum atomic E-state index is -4.64. The Kier molecular flexibility index (Phi) is 7.64. The second-order valence-electron chi connectivity index (χ2n) is 7.15. The number of aldehydes is 1. The Labute approximate surface area is 206 Å². The van der Waals surface area contributed by atoms with E-state index in [9.17, 15) is 23.2 Å². The van der Waals surface area contributed by atoms with E-state index in [0.29, 0.717) is 39.5 Å². The highest BCUT2D eigenvalue weighted by Crippen LogP contribution is 2.38. The van der Waals surface area contributed by atoms with E-state index in [-0.39, 0.29) is 17.1 Å². The molecule has 1 aromatic carbocycles. The smallest absolute Gasteiger partial charge is 0.446 e. The highest BCUT2D eigenvalue weighted by molar-refractivity contribution is 6.36. The molecule has 0 spiro atoms. The summed E-state index contributed by atoms with van der Waals surface area (Å²) < 4.78 is 38.5. The summed E-state index contributed by atoms with van der Waals surface area (Å²) in [4.78, 5) is 25.9. The number of hydrogen-bond donors (Lipinski definition) is 3. The van der Waals surface area contributed by atoms with Crippen LogP contribution >= 0.6 is 11.6 Å². The maximum atomic E-state index is 13.0. The van der Waals surface area contributed by atoms with Gasteiger partial charge in [0.05, 0.1) is 23.1 Å². The van der Waals surface area contributed by atoms with E-state index in [4.69, 9.17) is 26.9 Å². The lowest BCUT2D eigenvalue weighted by molar-refractivity contribution is -0.156. The maximum Gasteiger partial charge on any atom is 0.446 e. The van der Waals surface area contributed by atoms with E-state index < -0.39 is 24.4 Å². The Morgan fingerprint density at radius 1 is 1.47 bits per heavy atom. The number of carbonyl (C=O) groups excluding carboxylic acids is 2. The van der Waals surface area contributed by atoms with E-state index in [2.05, 4.69) is 25.6 Å². The predicted octanol–water partition coefficient (Wildman–Crippen LogP) is 3.35. The number of aromatic nitrogens is 5. The lowest BCUT2D eigenvalue weighted by Gasteiger charge is -2.19. The molecule has 3 aromatic heterocycles. The topological polar surface area (TPSA) is 164 Å². The number of anilines is 1. The molecule has 1 amide bonds. The number of ether oxygens (including phenoxy) is 1. The monoisotopic (exact) mass is 522 g/mol. The molecule has 4 aromatic rings. The van der Waals surface area contributed by atoms with Gasteiger partial charge in [0, 0.05) is 18.0 Å². The number of nitrogens with one attached hydrogen (secondary N) is 2. The minimum Gasteiger partial charge on any atom is -0.491 e. The van der Waals surface area contributed by atoms with Crippen LogP contribution in [0.1, 0.15) is 41.5 Å². The Bertz CT molecular complexity index is 1480. The maximum absolute atomic E-state index is 13.0. The van der Waals surface area contributed by atoms with Crippen LogP contribution in [-0.2, 0) is 4.79 Å². The van der Waals surface area contributed by atoms with Crippen LogP contribution in [0.3, 0.4) is 0 Å². The number of nitriles is 1. The average Bonchev–Trinajstić information content (AvgIpc) is 3.41. The standard InChI is InChI=1S/C19H17ClN8O2.C2HF3O/c1-3-30-16-10(7-11(20)13-12(8-21)25-26-15(13)16)9(2)24-19(29)14-17(22)27-28-6-4-5-23-18(14)28;3-2(4,5)1-6/h4-7,9H,3H2,1-2H3,(H2,22,27)(H,24,29)(H,25,26);1H. The summed E-state index contributed by atoms with van der Waals surface area (Å²) in [7, 11) is 0. The molecule has 0 aliphatic heterocycles. The number of H-pyrrole nitrogens is 1. The molecule has 0 fully saturated rings. The molecule has 188 valence electrons. The molecule has 4 rings (SSSR count). The van der Waals surface area contributed by atoms with Crippen molar-refractivity contribution in [1.82, 2.24) is 30.1 Å². The van der Waals surface area contributed by atoms with Crippen molar-refractivity contribution in [3.05, 3.63) is 46.4 Å². The van der Waals surface area contributed by atoms with Gasteiger partial charge in [0.2, 0.25) is 6.29 Å². The summed E-state index contributed by atoms with van der Waals surface area (Å²) in [5.41, 5.74) is 7.76. The Balaban J connectivity index is 0.000000538. The molecule has 0 saturated heterocycles.